The number of fused-ring (bicyclic) bond motifs is 1. The summed E-state index contributed by atoms with van der Waals surface area (Å²) in [5, 5.41) is 0. The van der Waals surface area contributed by atoms with Crippen molar-refractivity contribution in [1.82, 2.24) is 0 Å². The summed E-state index contributed by atoms with van der Waals surface area (Å²) in [5.41, 5.74) is 6.02. The van der Waals surface area contributed by atoms with Crippen LogP contribution in [0.2, 0.25) is 0 Å². The standard InChI is InChI=1S/C24H29N3O2/c28-24(17-19-3-5-21(6-4-19)26-13-15-29-16-14-26)27-12-9-20-18-22(7-8-23(20)27)25-10-1-2-11-25/h3-8,18H,1-2,9-17H2. The zero-order chi connectivity index (χ0) is 19.6. The Morgan fingerprint density at radius 2 is 1.52 bits per heavy atom. The van der Waals surface area contributed by atoms with Crippen LogP contribution in [0.4, 0.5) is 17.1 Å². The molecule has 0 radical (unpaired) electrons. The summed E-state index contributed by atoms with van der Waals surface area (Å²) >= 11 is 0. The number of anilines is 3. The van der Waals surface area contributed by atoms with E-state index < -0.39 is 0 Å². The number of amides is 1. The lowest BCUT2D eigenvalue weighted by Crippen LogP contribution is -2.36. The molecule has 2 aromatic carbocycles. The number of rotatable bonds is 4. The zero-order valence-electron chi connectivity index (χ0n) is 17.0. The minimum atomic E-state index is 0.191. The molecule has 2 saturated heterocycles. The predicted octanol–water partition coefficient (Wildman–Crippen LogP) is 3.26. The molecule has 3 heterocycles. The molecule has 0 N–H and O–H groups in total. The van der Waals surface area contributed by atoms with Crippen LogP contribution in [0.15, 0.2) is 42.5 Å². The van der Waals surface area contributed by atoms with Crippen molar-refractivity contribution in [3.05, 3.63) is 53.6 Å². The smallest absolute Gasteiger partial charge is 0.231 e. The number of hydrogen-bond acceptors (Lipinski definition) is 4. The van der Waals surface area contributed by atoms with Crippen LogP contribution in [0.5, 0.6) is 0 Å². The van der Waals surface area contributed by atoms with Crippen molar-refractivity contribution in [3.8, 4) is 0 Å². The first-order valence-corrected chi connectivity index (χ1v) is 10.9. The molecule has 0 aliphatic carbocycles. The van der Waals surface area contributed by atoms with Gasteiger partial charge in [0.1, 0.15) is 0 Å². The molecule has 3 aliphatic rings. The van der Waals surface area contributed by atoms with E-state index in [1.54, 1.807) is 0 Å². The molecule has 5 nitrogen and oxygen atoms in total. The lowest BCUT2D eigenvalue weighted by atomic mass is 10.1. The van der Waals surface area contributed by atoms with Gasteiger partial charge in [-0.15, -0.1) is 0 Å². The fraction of sp³-hybridized carbons (Fsp3) is 0.458. The van der Waals surface area contributed by atoms with Crippen molar-refractivity contribution in [2.24, 2.45) is 0 Å². The first kappa shape index (κ1) is 18.5. The molecule has 0 atom stereocenters. The summed E-state index contributed by atoms with van der Waals surface area (Å²) in [6, 6.07) is 15.1. The third kappa shape index (κ3) is 3.84. The van der Waals surface area contributed by atoms with E-state index in [0.29, 0.717) is 6.42 Å². The molecule has 29 heavy (non-hydrogen) atoms. The van der Waals surface area contributed by atoms with E-state index in [9.17, 15) is 4.79 Å². The van der Waals surface area contributed by atoms with Crippen LogP contribution in [-0.4, -0.2) is 51.8 Å². The number of carbonyl (C=O) groups excluding carboxylic acids is 1. The molecule has 3 aliphatic heterocycles. The van der Waals surface area contributed by atoms with Gasteiger partial charge in [0, 0.05) is 49.8 Å². The molecule has 0 spiro atoms. The van der Waals surface area contributed by atoms with Gasteiger partial charge in [-0.1, -0.05) is 12.1 Å². The topological polar surface area (TPSA) is 36.0 Å². The first-order chi connectivity index (χ1) is 14.3. The highest BCUT2D eigenvalue weighted by atomic mass is 16.5. The SMILES string of the molecule is O=C(Cc1ccc(N2CCOCC2)cc1)N1CCc2cc(N3CCCC3)ccc21. The predicted molar refractivity (Wildman–Crippen MR) is 117 cm³/mol. The minimum Gasteiger partial charge on any atom is -0.378 e. The quantitative estimate of drug-likeness (QED) is 0.802. The van der Waals surface area contributed by atoms with Crippen LogP contribution in [-0.2, 0) is 22.4 Å². The van der Waals surface area contributed by atoms with Gasteiger partial charge >= 0.3 is 0 Å². The van der Waals surface area contributed by atoms with E-state index >= 15 is 0 Å². The Bertz CT molecular complexity index is 868. The van der Waals surface area contributed by atoms with Gasteiger partial charge in [0.25, 0.3) is 0 Å². The lowest BCUT2D eigenvalue weighted by Gasteiger charge is -2.29. The summed E-state index contributed by atoms with van der Waals surface area (Å²) in [7, 11) is 0. The third-order valence-electron chi connectivity index (χ3n) is 6.40. The van der Waals surface area contributed by atoms with Gasteiger partial charge in [-0.05, 0) is 60.7 Å². The lowest BCUT2D eigenvalue weighted by molar-refractivity contribution is -0.117. The maximum Gasteiger partial charge on any atom is 0.231 e. The van der Waals surface area contributed by atoms with Crippen LogP contribution in [0.3, 0.4) is 0 Å². The van der Waals surface area contributed by atoms with Crippen LogP contribution in [0.1, 0.15) is 24.0 Å². The van der Waals surface area contributed by atoms with Crippen LogP contribution < -0.4 is 14.7 Å². The van der Waals surface area contributed by atoms with Crippen molar-refractivity contribution in [2.75, 3.05) is 60.6 Å². The second-order valence-corrected chi connectivity index (χ2v) is 8.25. The number of benzene rings is 2. The zero-order valence-corrected chi connectivity index (χ0v) is 17.0. The van der Waals surface area contributed by atoms with E-state index in [1.807, 2.05) is 4.90 Å². The third-order valence-corrected chi connectivity index (χ3v) is 6.40. The summed E-state index contributed by atoms with van der Waals surface area (Å²) < 4.78 is 5.42. The molecule has 0 aromatic heterocycles. The number of ether oxygens (including phenoxy) is 1. The molecule has 2 fully saturated rings. The molecule has 0 unspecified atom stereocenters. The fourth-order valence-corrected chi connectivity index (χ4v) is 4.74. The van der Waals surface area contributed by atoms with Crippen molar-refractivity contribution in [3.63, 3.8) is 0 Å². The van der Waals surface area contributed by atoms with Gasteiger partial charge < -0.3 is 19.4 Å². The average molecular weight is 392 g/mol. The van der Waals surface area contributed by atoms with E-state index in [-0.39, 0.29) is 5.91 Å². The Hall–Kier alpha value is -2.53. The molecule has 2 aromatic rings. The Kier molecular flexibility index (Phi) is 5.15. The van der Waals surface area contributed by atoms with E-state index in [4.69, 9.17) is 4.74 Å². The molecule has 0 saturated carbocycles. The second-order valence-electron chi connectivity index (χ2n) is 8.25. The highest BCUT2D eigenvalue weighted by molar-refractivity contribution is 5.97. The van der Waals surface area contributed by atoms with Gasteiger partial charge in [0.05, 0.1) is 19.6 Å². The number of hydrogen-bond donors (Lipinski definition) is 0. The Morgan fingerprint density at radius 3 is 2.28 bits per heavy atom. The minimum absolute atomic E-state index is 0.191. The Balaban J connectivity index is 1.25. The van der Waals surface area contributed by atoms with E-state index in [0.717, 1.165) is 63.6 Å². The summed E-state index contributed by atoms with van der Waals surface area (Å²) in [6.07, 6.45) is 3.98. The largest absolute Gasteiger partial charge is 0.378 e. The molecular formula is C24H29N3O2. The monoisotopic (exact) mass is 391 g/mol. The van der Waals surface area contributed by atoms with Gasteiger partial charge in [-0.2, -0.15) is 0 Å². The maximum atomic E-state index is 13.0. The maximum absolute atomic E-state index is 13.0. The molecule has 152 valence electrons. The van der Waals surface area contributed by atoms with Crippen molar-refractivity contribution < 1.29 is 9.53 Å². The Morgan fingerprint density at radius 1 is 0.828 bits per heavy atom. The van der Waals surface area contributed by atoms with Crippen LogP contribution in [0.25, 0.3) is 0 Å². The van der Waals surface area contributed by atoms with Crippen molar-refractivity contribution in [1.29, 1.82) is 0 Å². The van der Waals surface area contributed by atoms with E-state index in [2.05, 4.69) is 52.3 Å². The number of carbonyl (C=O) groups is 1. The van der Waals surface area contributed by atoms with Crippen LogP contribution >= 0.6 is 0 Å². The number of nitrogens with zero attached hydrogens (tertiary/aromatic N) is 3. The highest BCUT2D eigenvalue weighted by Crippen LogP contribution is 2.33. The normalized spacial score (nSPS) is 19.0. The number of morpholine rings is 1. The highest BCUT2D eigenvalue weighted by Gasteiger charge is 2.26. The van der Waals surface area contributed by atoms with Crippen molar-refractivity contribution >= 4 is 23.0 Å². The summed E-state index contributed by atoms with van der Waals surface area (Å²) in [5.74, 6) is 0.191. The van der Waals surface area contributed by atoms with Gasteiger partial charge in [0.2, 0.25) is 5.91 Å². The first-order valence-electron chi connectivity index (χ1n) is 10.9. The summed E-state index contributed by atoms with van der Waals surface area (Å²) in [4.78, 5) is 19.8. The molecule has 5 rings (SSSR count). The molecule has 0 bridgehead atoms. The van der Waals surface area contributed by atoms with Gasteiger partial charge in [0.15, 0.2) is 0 Å². The summed E-state index contributed by atoms with van der Waals surface area (Å²) in [6.45, 7) is 6.54. The second kappa shape index (κ2) is 8.07. The molecule has 1 amide bonds. The van der Waals surface area contributed by atoms with Crippen molar-refractivity contribution in [2.45, 2.75) is 25.7 Å². The van der Waals surface area contributed by atoms with E-state index in [1.165, 1.54) is 29.8 Å². The van der Waals surface area contributed by atoms with Gasteiger partial charge in [-0.25, -0.2) is 0 Å². The van der Waals surface area contributed by atoms with Gasteiger partial charge in [-0.3, -0.25) is 4.79 Å². The fourth-order valence-electron chi connectivity index (χ4n) is 4.74. The molecule has 5 heteroatoms. The average Bonchev–Trinajstić information content (AvgIpc) is 3.44. The van der Waals surface area contributed by atoms with Crippen LogP contribution in [0, 0.1) is 0 Å². The Labute approximate surface area is 172 Å². The molecular weight excluding hydrogens is 362 g/mol.